The van der Waals surface area contributed by atoms with Crippen molar-refractivity contribution in [2.75, 3.05) is 11.9 Å². The number of hydrogen-bond acceptors (Lipinski definition) is 3. The van der Waals surface area contributed by atoms with Gasteiger partial charge in [0, 0.05) is 17.5 Å². The van der Waals surface area contributed by atoms with Crippen LogP contribution in [0.1, 0.15) is 50.5 Å². The number of nitrogens with one attached hydrogen (secondary N) is 2. The third kappa shape index (κ3) is 4.92. The van der Waals surface area contributed by atoms with Crippen LogP contribution in [0, 0.1) is 11.3 Å². The van der Waals surface area contributed by atoms with Crippen LogP contribution in [-0.4, -0.2) is 12.5 Å². The van der Waals surface area contributed by atoms with Gasteiger partial charge < -0.3 is 10.6 Å². The van der Waals surface area contributed by atoms with E-state index >= 15 is 0 Å². The molecule has 22 heavy (non-hydrogen) atoms. The zero-order chi connectivity index (χ0) is 15.8. The molecule has 1 saturated carbocycles. The standard InChI is InChI=1S/C18H23N3O/c1-14(11-12-19)20-13-18(22)21-17-9-7-16(8-10-17)15-5-3-2-4-6-15/h7-11,15,20H,2-6,13H2,1H3,(H,21,22)/b14-11+. The Bertz CT molecular complexity index is 563. The van der Waals surface area contributed by atoms with E-state index in [1.807, 2.05) is 18.2 Å². The second-order valence-corrected chi connectivity index (χ2v) is 5.82. The van der Waals surface area contributed by atoms with Crippen LogP contribution in [0.25, 0.3) is 0 Å². The van der Waals surface area contributed by atoms with Gasteiger partial charge in [0.15, 0.2) is 0 Å². The molecule has 0 atom stereocenters. The van der Waals surface area contributed by atoms with E-state index in [9.17, 15) is 4.79 Å². The van der Waals surface area contributed by atoms with Crippen LogP contribution in [0.5, 0.6) is 0 Å². The Hall–Kier alpha value is -2.28. The number of amides is 1. The van der Waals surface area contributed by atoms with Gasteiger partial charge in [0.2, 0.25) is 5.91 Å². The molecule has 116 valence electrons. The zero-order valence-electron chi connectivity index (χ0n) is 13.1. The lowest BCUT2D eigenvalue weighted by atomic mass is 9.84. The number of allylic oxidation sites excluding steroid dienone is 2. The van der Waals surface area contributed by atoms with E-state index < -0.39 is 0 Å². The first-order chi connectivity index (χ1) is 10.7. The predicted octanol–water partition coefficient (Wildman–Crippen LogP) is 3.69. The summed E-state index contributed by atoms with van der Waals surface area (Å²) in [5.74, 6) is 0.565. The largest absolute Gasteiger partial charge is 0.379 e. The Balaban J connectivity index is 1.84. The normalized spacial score (nSPS) is 15.9. The highest BCUT2D eigenvalue weighted by Gasteiger charge is 2.15. The van der Waals surface area contributed by atoms with Crippen molar-refractivity contribution in [2.24, 2.45) is 0 Å². The summed E-state index contributed by atoms with van der Waals surface area (Å²) in [6.45, 7) is 1.92. The molecule has 0 aliphatic heterocycles. The molecule has 0 radical (unpaired) electrons. The molecule has 0 spiro atoms. The van der Waals surface area contributed by atoms with Gasteiger partial charge in [-0.25, -0.2) is 0 Å². The minimum Gasteiger partial charge on any atom is -0.379 e. The summed E-state index contributed by atoms with van der Waals surface area (Å²) in [6.07, 6.45) is 7.94. The molecule has 1 aromatic carbocycles. The number of rotatable bonds is 5. The topological polar surface area (TPSA) is 64.9 Å². The van der Waals surface area contributed by atoms with Gasteiger partial charge in [-0.3, -0.25) is 4.79 Å². The minimum absolute atomic E-state index is 0.115. The van der Waals surface area contributed by atoms with Crippen molar-refractivity contribution in [3.05, 3.63) is 41.6 Å². The Labute approximate surface area is 132 Å². The number of nitrogens with zero attached hydrogens (tertiary/aromatic N) is 1. The van der Waals surface area contributed by atoms with E-state index in [4.69, 9.17) is 5.26 Å². The first-order valence-electron chi connectivity index (χ1n) is 7.89. The van der Waals surface area contributed by atoms with E-state index in [0.29, 0.717) is 11.6 Å². The van der Waals surface area contributed by atoms with Gasteiger partial charge in [0.25, 0.3) is 0 Å². The molecule has 4 heteroatoms. The van der Waals surface area contributed by atoms with Crippen LogP contribution >= 0.6 is 0 Å². The number of nitriles is 1. The van der Waals surface area contributed by atoms with E-state index in [-0.39, 0.29) is 12.5 Å². The highest BCUT2D eigenvalue weighted by atomic mass is 16.1. The molecule has 0 unspecified atom stereocenters. The van der Waals surface area contributed by atoms with E-state index in [2.05, 4.69) is 22.8 Å². The molecule has 4 nitrogen and oxygen atoms in total. The molecule has 1 amide bonds. The van der Waals surface area contributed by atoms with Crippen molar-refractivity contribution < 1.29 is 4.79 Å². The Morgan fingerprint density at radius 3 is 2.59 bits per heavy atom. The average Bonchev–Trinajstić information content (AvgIpc) is 2.55. The lowest BCUT2D eigenvalue weighted by Crippen LogP contribution is -2.26. The summed E-state index contributed by atoms with van der Waals surface area (Å²) in [6, 6.07) is 10.1. The lowest BCUT2D eigenvalue weighted by molar-refractivity contribution is -0.115. The Kier molecular flexibility index (Phi) is 6.02. The third-order valence-electron chi connectivity index (χ3n) is 4.08. The molecule has 1 aliphatic rings. The summed E-state index contributed by atoms with van der Waals surface area (Å²) in [7, 11) is 0. The molecule has 1 fully saturated rings. The molecule has 0 heterocycles. The predicted molar refractivity (Wildman–Crippen MR) is 88.3 cm³/mol. The minimum atomic E-state index is -0.115. The summed E-state index contributed by atoms with van der Waals surface area (Å²) < 4.78 is 0. The first-order valence-corrected chi connectivity index (χ1v) is 7.89. The van der Waals surface area contributed by atoms with Crippen LogP contribution < -0.4 is 10.6 Å². The van der Waals surface area contributed by atoms with Crippen molar-refractivity contribution in [1.29, 1.82) is 5.26 Å². The van der Waals surface area contributed by atoms with Gasteiger partial charge in [-0.2, -0.15) is 5.26 Å². The fraction of sp³-hybridized carbons (Fsp3) is 0.444. The van der Waals surface area contributed by atoms with Gasteiger partial charge in [-0.05, 0) is 43.4 Å². The number of anilines is 1. The summed E-state index contributed by atoms with van der Waals surface area (Å²) in [5, 5.41) is 14.3. The smallest absolute Gasteiger partial charge is 0.243 e. The quantitative estimate of drug-likeness (QED) is 0.815. The average molecular weight is 297 g/mol. The molecule has 0 saturated heterocycles. The van der Waals surface area contributed by atoms with E-state index in [0.717, 1.165) is 5.69 Å². The number of hydrogen-bond donors (Lipinski definition) is 2. The summed E-state index contributed by atoms with van der Waals surface area (Å²) >= 11 is 0. The van der Waals surface area contributed by atoms with Crippen molar-refractivity contribution in [2.45, 2.75) is 44.9 Å². The van der Waals surface area contributed by atoms with Crippen LogP contribution in [0.3, 0.4) is 0 Å². The van der Waals surface area contributed by atoms with Gasteiger partial charge in [-0.1, -0.05) is 31.4 Å². The molecular weight excluding hydrogens is 274 g/mol. The molecule has 1 aliphatic carbocycles. The van der Waals surface area contributed by atoms with E-state index in [1.54, 1.807) is 6.92 Å². The molecule has 0 aromatic heterocycles. The van der Waals surface area contributed by atoms with Crippen LogP contribution in [0.2, 0.25) is 0 Å². The maximum Gasteiger partial charge on any atom is 0.243 e. The Morgan fingerprint density at radius 1 is 1.27 bits per heavy atom. The maximum absolute atomic E-state index is 11.8. The molecule has 2 N–H and O–H groups in total. The summed E-state index contributed by atoms with van der Waals surface area (Å²) in [4.78, 5) is 11.8. The first kappa shape index (κ1) is 16.1. The van der Waals surface area contributed by atoms with Crippen LogP contribution in [0.4, 0.5) is 5.69 Å². The number of carbonyl (C=O) groups excluding carboxylic acids is 1. The van der Waals surface area contributed by atoms with Gasteiger partial charge >= 0.3 is 0 Å². The van der Waals surface area contributed by atoms with Gasteiger partial charge in [0.1, 0.15) is 0 Å². The second kappa shape index (κ2) is 8.23. The van der Waals surface area contributed by atoms with Gasteiger partial charge in [0.05, 0.1) is 12.6 Å². The third-order valence-corrected chi connectivity index (χ3v) is 4.08. The second-order valence-electron chi connectivity index (χ2n) is 5.82. The number of benzene rings is 1. The molecule has 0 bridgehead atoms. The molecule has 1 aromatic rings. The lowest BCUT2D eigenvalue weighted by Gasteiger charge is -2.22. The van der Waals surface area contributed by atoms with Crippen molar-refractivity contribution in [3.8, 4) is 6.07 Å². The zero-order valence-corrected chi connectivity index (χ0v) is 13.1. The molecular formula is C18H23N3O. The summed E-state index contributed by atoms with van der Waals surface area (Å²) in [5.41, 5.74) is 2.88. The van der Waals surface area contributed by atoms with Crippen molar-refractivity contribution in [1.82, 2.24) is 5.32 Å². The maximum atomic E-state index is 11.8. The Morgan fingerprint density at radius 2 is 1.95 bits per heavy atom. The highest BCUT2D eigenvalue weighted by Crippen LogP contribution is 2.32. The van der Waals surface area contributed by atoms with E-state index in [1.165, 1.54) is 43.7 Å². The van der Waals surface area contributed by atoms with Crippen molar-refractivity contribution in [3.63, 3.8) is 0 Å². The number of carbonyl (C=O) groups is 1. The highest BCUT2D eigenvalue weighted by molar-refractivity contribution is 5.92. The van der Waals surface area contributed by atoms with Gasteiger partial charge in [-0.15, -0.1) is 0 Å². The van der Waals surface area contributed by atoms with Crippen LogP contribution in [-0.2, 0) is 4.79 Å². The SMILES string of the molecule is C/C(=C\C#N)NCC(=O)Nc1ccc(C2CCCCC2)cc1. The monoisotopic (exact) mass is 297 g/mol. The fourth-order valence-corrected chi connectivity index (χ4v) is 2.85. The van der Waals surface area contributed by atoms with Crippen molar-refractivity contribution >= 4 is 11.6 Å². The van der Waals surface area contributed by atoms with Crippen LogP contribution in [0.15, 0.2) is 36.0 Å². The fourth-order valence-electron chi connectivity index (χ4n) is 2.85. The molecule has 2 rings (SSSR count).